The number of hydrogen-bond acceptors (Lipinski definition) is 5. The third-order valence-corrected chi connectivity index (χ3v) is 3.62. The highest BCUT2D eigenvalue weighted by atomic mass is 32.2. The molecule has 1 rings (SSSR count). The summed E-state index contributed by atoms with van der Waals surface area (Å²) in [6.07, 6.45) is 0.950. The quantitative estimate of drug-likeness (QED) is 0.771. The van der Waals surface area contributed by atoms with Crippen LogP contribution in [-0.2, 0) is 9.84 Å². The standard InChI is InChI=1S/C13H20O5S/c1-10(14)12-6-5-11(17-2)9-13(12)18-7-4-8-19(3,15)16/h5-6,9-10,14H,4,7-8H2,1-3H3. The molecule has 0 fully saturated rings. The van der Waals surface area contributed by atoms with Crippen molar-refractivity contribution in [3.8, 4) is 11.5 Å². The van der Waals surface area contributed by atoms with Crippen LogP contribution in [-0.4, -0.2) is 39.2 Å². The minimum Gasteiger partial charge on any atom is -0.497 e. The SMILES string of the molecule is COc1ccc(C(C)O)c(OCCCS(C)(=O)=O)c1. The second-order valence-electron chi connectivity index (χ2n) is 4.41. The maximum atomic E-state index is 11.0. The van der Waals surface area contributed by atoms with Crippen molar-refractivity contribution in [3.63, 3.8) is 0 Å². The average Bonchev–Trinajstić information content (AvgIpc) is 2.33. The lowest BCUT2D eigenvalue weighted by Gasteiger charge is -2.14. The van der Waals surface area contributed by atoms with E-state index in [1.165, 1.54) is 6.26 Å². The van der Waals surface area contributed by atoms with E-state index >= 15 is 0 Å². The van der Waals surface area contributed by atoms with Gasteiger partial charge in [0.1, 0.15) is 21.3 Å². The summed E-state index contributed by atoms with van der Waals surface area (Å²) >= 11 is 0. The molecule has 1 atom stereocenters. The van der Waals surface area contributed by atoms with Crippen LogP contribution in [0.2, 0.25) is 0 Å². The van der Waals surface area contributed by atoms with Gasteiger partial charge in [-0.3, -0.25) is 0 Å². The van der Waals surface area contributed by atoms with Crippen LogP contribution in [0.3, 0.4) is 0 Å². The Hall–Kier alpha value is -1.27. The van der Waals surface area contributed by atoms with Crippen molar-refractivity contribution in [1.82, 2.24) is 0 Å². The molecule has 0 aliphatic rings. The van der Waals surface area contributed by atoms with E-state index in [0.717, 1.165) is 0 Å². The van der Waals surface area contributed by atoms with Gasteiger partial charge in [-0.1, -0.05) is 0 Å². The molecule has 0 amide bonds. The van der Waals surface area contributed by atoms with E-state index in [0.29, 0.717) is 23.5 Å². The second-order valence-corrected chi connectivity index (χ2v) is 6.67. The minimum atomic E-state index is -2.97. The molecule has 0 aliphatic heterocycles. The van der Waals surface area contributed by atoms with Crippen LogP contribution in [0.5, 0.6) is 11.5 Å². The Labute approximate surface area is 114 Å². The lowest BCUT2D eigenvalue weighted by molar-refractivity contribution is 0.191. The van der Waals surface area contributed by atoms with Gasteiger partial charge < -0.3 is 14.6 Å². The van der Waals surface area contributed by atoms with Crippen molar-refractivity contribution in [2.75, 3.05) is 25.7 Å². The number of methoxy groups -OCH3 is 1. The van der Waals surface area contributed by atoms with Crippen molar-refractivity contribution in [3.05, 3.63) is 23.8 Å². The van der Waals surface area contributed by atoms with Crippen LogP contribution >= 0.6 is 0 Å². The van der Waals surface area contributed by atoms with Crippen LogP contribution in [0, 0.1) is 0 Å². The molecule has 0 saturated heterocycles. The molecule has 1 N–H and O–H groups in total. The summed E-state index contributed by atoms with van der Waals surface area (Å²) in [5, 5.41) is 9.64. The van der Waals surface area contributed by atoms with Gasteiger partial charge in [0.05, 0.1) is 25.6 Å². The Morgan fingerprint density at radius 3 is 2.58 bits per heavy atom. The molecule has 0 aliphatic carbocycles. The monoisotopic (exact) mass is 288 g/mol. The predicted molar refractivity (Wildman–Crippen MR) is 73.5 cm³/mol. The van der Waals surface area contributed by atoms with Crippen molar-refractivity contribution in [2.45, 2.75) is 19.4 Å². The molecule has 0 spiro atoms. The fraction of sp³-hybridized carbons (Fsp3) is 0.538. The lowest BCUT2D eigenvalue weighted by atomic mass is 10.1. The molecule has 6 heteroatoms. The molecular weight excluding hydrogens is 268 g/mol. The highest BCUT2D eigenvalue weighted by molar-refractivity contribution is 7.90. The summed E-state index contributed by atoms with van der Waals surface area (Å²) in [7, 11) is -1.43. The van der Waals surface area contributed by atoms with Crippen molar-refractivity contribution in [1.29, 1.82) is 0 Å². The van der Waals surface area contributed by atoms with Crippen LogP contribution in [0.25, 0.3) is 0 Å². The predicted octanol–water partition coefficient (Wildman–Crippen LogP) is 1.56. The van der Waals surface area contributed by atoms with Gasteiger partial charge in [0.2, 0.25) is 0 Å². The molecule has 0 radical (unpaired) electrons. The number of aliphatic hydroxyl groups excluding tert-OH is 1. The van der Waals surface area contributed by atoms with Crippen molar-refractivity contribution < 1.29 is 23.0 Å². The summed E-state index contributed by atoms with van der Waals surface area (Å²) in [5.41, 5.74) is 0.653. The summed E-state index contributed by atoms with van der Waals surface area (Å²) in [6.45, 7) is 1.92. The molecule has 0 saturated carbocycles. The first-order valence-electron chi connectivity index (χ1n) is 6.00. The second kappa shape index (κ2) is 6.77. The highest BCUT2D eigenvalue weighted by Gasteiger charge is 2.11. The van der Waals surface area contributed by atoms with Crippen molar-refractivity contribution in [2.24, 2.45) is 0 Å². The van der Waals surface area contributed by atoms with E-state index in [1.54, 1.807) is 32.2 Å². The largest absolute Gasteiger partial charge is 0.497 e. The van der Waals surface area contributed by atoms with Gasteiger partial charge in [0.25, 0.3) is 0 Å². The zero-order chi connectivity index (χ0) is 14.5. The number of benzene rings is 1. The molecule has 108 valence electrons. The van der Waals surface area contributed by atoms with Gasteiger partial charge in [-0.05, 0) is 25.5 Å². The van der Waals surface area contributed by atoms with Crippen LogP contribution < -0.4 is 9.47 Å². The summed E-state index contributed by atoms with van der Waals surface area (Å²) in [6, 6.07) is 5.16. The van der Waals surface area contributed by atoms with Crippen LogP contribution in [0.1, 0.15) is 25.0 Å². The molecule has 1 aromatic rings. The third kappa shape index (κ3) is 5.48. The van der Waals surface area contributed by atoms with E-state index in [1.807, 2.05) is 0 Å². The number of sulfone groups is 1. The van der Waals surface area contributed by atoms with Crippen molar-refractivity contribution >= 4 is 9.84 Å². The highest BCUT2D eigenvalue weighted by Crippen LogP contribution is 2.29. The third-order valence-electron chi connectivity index (χ3n) is 2.59. The first-order valence-corrected chi connectivity index (χ1v) is 8.06. The normalized spacial score (nSPS) is 13.1. The van der Waals surface area contributed by atoms with Gasteiger partial charge in [-0.25, -0.2) is 8.42 Å². The molecule has 0 heterocycles. The lowest BCUT2D eigenvalue weighted by Crippen LogP contribution is -2.09. The van der Waals surface area contributed by atoms with Gasteiger partial charge >= 0.3 is 0 Å². The fourth-order valence-corrected chi connectivity index (χ4v) is 2.26. The minimum absolute atomic E-state index is 0.0843. The average molecular weight is 288 g/mol. The zero-order valence-corrected chi connectivity index (χ0v) is 12.2. The molecule has 0 bridgehead atoms. The fourth-order valence-electron chi connectivity index (χ4n) is 1.62. The van der Waals surface area contributed by atoms with E-state index in [9.17, 15) is 13.5 Å². The maximum absolute atomic E-state index is 11.0. The van der Waals surface area contributed by atoms with E-state index in [-0.39, 0.29) is 12.4 Å². The Kier molecular flexibility index (Phi) is 5.62. The molecule has 1 unspecified atom stereocenters. The van der Waals surface area contributed by atoms with Gasteiger partial charge in [-0.2, -0.15) is 0 Å². The molecule has 19 heavy (non-hydrogen) atoms. The first-order chi connectivity index (χ1) is 8.83. The first kappa shape index (κ1) is 15.8. The summed E-state index contributed by atoms with van der Waals surface area (Å²) < 4.78 is 32.6. The van der Waals surface area contributed by atoms with Gasteiger partial charge in [0, 0.05) is 17.9 Å². The van der Waals surface area contributed by atoms with Gasteiger partial charge in [0.15, 0.2) is 0 Å². The summed E-state index contributed by atoms with van der Waals surface area (Å²) in [5.74, 6) is 1.23. The number of ether oxygens (including phenoxy) is 2. The van der Waals surface area contributed by atoms with E-state index in [2.05, 4.69) is 0 Å². The summed E-state index contributed by atoms with van der Waals surface area (Å²) in [4.78, 5) is 0. The smallest absolute Gasteiger partial charge is 0.147 e. The van der Waals surface area contributed by atoms with Crippen LogP contribution in [0.15, 0.2) is 18.2 Å². The van der Waals surface area contributed by atoms with Crippen LogP contribution in [0.4, 0.5) is 0 Å². The zero-order valence-electron chi connectivity index (χ0n) is 11.4. The topological polar surface area (TPSA) is 72.8 Å². The van der Waals surface area contributed by atoms with Gasteiger partial charge in [-0.15, -0.1) is 0 Å². The number of aliphatic hydroxyl groups is 1. The number of hydrogen-bond donors (Lipinski definition) is 1. The Morgan fingerprint density at radius 1 is 1.37 bits per heavy atom. The molecular formula is C13H20O5S. The van der Waals surface area contributed by atoms with E-state index in [4.69, 9.17) is 9.47 Å². The molecule has 1 aromatic carbocycles. The maximum Gasteiger partial charge on any atom is 0.147 e. The molecule has 0 aromatic heterocycles. The Morgan fingerprint density at radius 2 is 2.05 bits per heavy atom. The number of rotatable bonds is 7. The Balaban J connectivity index is 2.70. The van der Waals surface area contributed by atoms with E-state index < -0.39 is 15.9 Å². The molecule has 5 nitrogen and oxygen atoms in total. The Bertz CT molecular complexity index is 508.